The Kier molecular flexibility index (Phi) is 3.48. The summed E-state index contributed by atoms with van der Waals surface area (Å²) < 4.78 is 43.3. The van der Waals surface area contributed by atoms with Crippen LogP contribution in [0.3, 0.4) is 0 Å². The van der Waals surface area contributed by atoms with Gasteiger partial charge in [-0.2, -0.15) is 0 Å². The molecule has 22 heavy (non-hydrogen) atoms. The van der Waals surface area contributed by atoms with Crippen molar-refractivity contribution in [3.8, 4) is 0 Å². The fourth-order valence-electron chi connectivity index (χ4n) is 2.93. The van der Waals surface area contributed by atoms with Gasteiger partial charge in [0.05, 0.1) is 13.2 Å². The Bertz CT molecular complexity index is 664. The van der Waals surface area contributed by atoms with E-state index in [1.54, 1.807) is 12.1 Å². The van der Waals surface area contributed by atoms with Crippen LogP contribution in [0.25, 0.3) is 0 Å². The van der Waals surface area contributed by atoms with Gasteiger partial charge < -0.3 is 14.0 Å². The third-order valence-electron chi connectivity index (χ3n) is 4.04. The molecule has 0 fully saturated rings. The van der Waals surface area contributed by atoms with Gasteiger partial charge in [-0.05, 0) is 46.3 Å². The fraction of sp³-hybridized carbons (Fsp3) is 0.200. The van der Waals surface area contributed by atoms with Crippen molar-refractivity contribution in [2.75, 3.05) is 6.51 Å². The van der Waals surface area contributed by atoms with Gasteiger partial charge in [-0.25, -0.2) is 8.78 Å². The summed E-state index contributed by atoms with van der Waals surface area (Å²) in [5.41, 5.74) is 3.45. The lowest BCUT2D eigenvalue weighted by Gasteiger charge is -2.11. The van der Waals surface area contributed by atoms with Gasteiger partial charge in [0.25, 0.3) is 0 Å². The Balaban J connectivity index is 1.46. The topological polar surface area (TPSA) is 27.7 Å². The second kappa shape index (κ2) is 5.50. The van der Waals surface area contributed by atoms with Crippen LogP contribution in [0.4, 0.5) is 8.78 Å². The molecule has 110 valence electrons. The molecule has 0 spiro atoms. The molecule has 0 N–H and O–H groups in total. The van der Waals surface area contributed by atoms with Crippen molar-refractivity contribution < 1.29 is 22.7 Å². The van der Waals surface area contributed by atoms with Crippen molar-refractivity contribution in [1.29, 1.82) is 0 Å². The predicted octanol–water partition coefficient (Wildman–Crippen LogP) is 1.17. The largest absolute Gasteiger partial charge is 0.493 e. The number of fused-ring (bicyclic) bond motifs is 2. The molecule has 3 nitrogen and oxygen atoms in total. The van der Waals surface area contributed by atoms with E-state index in [1.807, 2.05) is 0 Å². The summed E-state index contributed by atoms with van der Waals surface area (Å²) >= 11 is 0. The van der Waals surface area contributed by atoms with E-state index in [2.05, 4.69) is 0 Å². The van der Waals surface area contributed by atoms with E-state index in [0.717, 1.165) is 22.1 Å². The maximum absolute atomic E-state index is 13.2. The Labute approximate surface area is 127 Å². The van der Waals surface area contributed by atoms with E-state index in [4.69, 9.17) is 14.0 Å². The Morgan fingerprint density at radius 2 is 1.55 bits per heavy atom. The average molecular weight is 300 g/mol. The van der Waals surface area contributed by atoms with E-state index in [9.17, 15) is 8.78 Å². The van der Waals surface area contributed by atoms with Crippen molar-refractivity contribution in [1.82, 2.24) is 0 Å². The summed E-state index contributed by atoms with van der Waals surface area (Å²) in [6, 6.07) is 9.17. The molecule has 4 rings (SSSR count). The highest BCUT2D eigenvalue weighted by atomic mass is 19.1. The van der Waals surface area contributed by atoms with Crippen molar-refractivity contribution >= 4 is 25.0 Å². The summed E-state index contributed by atoms with van der Waals surface area (Å²) in [6.07, 6.45) is 0. The third kappa shape index (κ3) is 2.45. The molecular formula is C15H12B2F2O3. The van der Waals surface area contributed by atoms with Gasteiger partial charge in [0.15, 0.2) is 0 Å². The molecule has 7 heteroatoms. The first kappa shape index (κ1) is 13.9. The second-order valence-electron chi connectivity index (χ2n) is 5.46. The minimum absolute atomic E-state index is 0.233. The normalized spacial score (nSPS) is 16.1. The van der Waals surface area contributed by atoms with Gasteiger partial charge >= 0.3 is 14.0 Å². The lowest BCUT2D eigenvalue weighted by molar-refractivity contribution is 0.223. The van der Waals surface area contributed by atoms with Crippen molar-refractivity contribution in [2.45, 2.75) is 13.2 Å². The minimum atomic E-state index is -0.510. The molecular weight excluding hydrogens is 288 g/mol. The van der Waals surface area contributed by atoms with Gasteiger partial charge in [0.2, 0.25) is 0 Å². The molecule has 2 aliphatic rings. The first-order valence-corrected chi connectivity index (χ1v) is 7.12. The van der Waals surface area contributed by atoms with Crippen molar-refractivity contribution in [3.63, 3.8) is 0 Å². The van der Waals surface area contributed by atoms with E-state index in [-0.39, 0.29) is 18.6 Å². The monoisotopic (exact) mass is 300 g/mol. The zero-order valence-corrected chi connectivity index (χ0v) is 11.7. The molecule has 0 amide bonds. The number of benzene rings is 2. The van der Waals surface area contributed by atoms with Crippen LogP contribution < -0.4 is 10.9 Å². The zero-order valence-electron chi connectivity index (χ0n) is 11.7. The SMILES string of the molecule is Fc1ccc2c(c1)COB2COB1OCc2cc(F)ccc21. The summed E-state index contributed by atoms with van der Waals surface area (Å²) in [6.45, 7) is 0.795. The molecule has 0 saturated carbocycles. The molecule has 2 aliphatic heterocycles. The zero-order chi connectivity index (χ0) is 15.1. The molecule has 0 bridgehead atoms. The van der Waals surface area contributed by atoms with Gasteiger partial charge in [0, 0.05) is 6.51 Å². The maximum Gasteiger partial charge on any atom is 0.493 e. The van der Waals surface area contributed by atoms with Gasteiger partial charge in [-0.15, -0.1) is 0 Å². The van der Waals surface area contributed by atoms with Crippen LogP contribution in [-0.4, -0.2) is 20.5 Å². The average Bonchev–Trinajstić information content (AvgIpc) is 3.08. The maximum atomic E-state index is 13.2. The second-order valence-corrected chi connectivity index (χ2v) is 5.46. The fourth-order valence-corrected chi connectivity index (χ4v) is 2.93. The van der Waals surface area contributed by atoms with Crippen molar-refractivity contribution in [3.05, 3.63) is 59.2 Å². The summed E-state index contributed by atoms with van der Waals surface area (Å²) in [5, 5.41) is 0. The van der Waals surface area contributed by atoms with Gasteiger partial charge in [-0.3, -0.25) is 0 Å². The molecule has 0 radical (unpaired) electrons. The molecule has 2 aromatic carbocycles. The molecule has 0 atom stereocenters. The first-order valence-electron chi connectivity index (χ1n) is 7.12. The Morgan fingerprint density at radius 3 is 2.32 bits per heavy atom. The highest BCUT2D eigenvalue weighted by molar-refractivity contribution is 6.70. The van der Waals surface area contributed by atoms with Crippen LogP contribution in [0.1, 0.15) is 11.1 Å². The van der Waals surface area contributed by atoms with Crippen LogP contribution in [0.2, 0.25) is 0 Å². The molecule has 2 heterocycles. The number of rotatable bonds is 3. The smallest absolute Gasteiger partial charge is 0.425 e. The minimum Gasteiger partial charge on any atom is -0.425 e. The van der Waals surface area contributed by atoms with Crippen LogP contribution >= 0.6 is 0 Å². The van der Waals surface area contributed by atoms with E-state index >= 15 is 0 Å². The number of hydrogen-bond donors (Lipinski definition) is 0. The quantitative estimate of drug-likeness (QED) is 0.797. The number of hydrogen-bond acceptors (Lipinski definition) is 3. The van der Waals surface area contributed by atoms with Crippen LogP contribution in [0.15, 0.2) is 36.4 Å². The lowest BCUT2D eigenvalue weighted by Crippen LogP contribution is -2.40. The summed E-state index contributed by atoms with van der Waals surface area (Å²) in [7, 11) is -0.510. The highest BCUT2D eigenvalue weighted by Gasteiger charge is 2.35. The predicted molar refractivity (Wildman–Crippen MR) is 79.1 cm³/mol. The molecule has 0 saturated heterocycles. The third-order valence-corrected chi connectivity index (χ3v) is 4.04. The molecule has 0 aromatic heterocycles. The van der Waals surface area contributed by atoms with Crippen LogP contribution in [0, 0.1) is 11.6 Å². The Hall–Kier alpha value is -1.69. The molecule has 0 aliphatic carbocycles. The van der Waals surface area contributed by atoms with Crippen LogP contribution in [0.5, 0.6) is 0 Å². The molecule has 0 unspecified atom stereocenters. The van der Waals surface area contributed by atoms with Crippen molar-refractivity contribution in [2.24, 2.45) is 0 Å². The number of halogens is 2. The lowest BCUT2D eigenvalue weighted by atomic mass is 9.62. The van der Waals surface area contributed by atoms with E-state index in [1.165, 1.54) is 24.3 Å². The molecule has 2 aromatic rings. The standard InChI is InChI=1S/C15H12B2F2O3/c18-12-1-3-14-10(5-12)7-20-16(14)9-22-17-15-4-2-13(19)6-11(15)8-21-17/h1-6H,7-9H2. The highest BCUT2D eigenvalue weighted by Crippen LogP contribution is 2.16. The van der Waals surface area contributed by atoms with E-state index in [0.29, 0.717) is 19.7 Å². The van der Waals surface area contributed by atoms with Gasteiger partial charge in [-0.1, -0.05) is 12.1 Å². The first-order chi connectivity index (χ1) is 10.7. The Morgan fingerprint density at radius 1 is 0.909 bits per heavy atom. The van der Waals surface area contributed by atoms with Crippen LogP contribution in [-0.2, 0) is 27.2 Å². The van der Waals surface area contributed by atoms with Gasteiger partial charge in [0.1, 0.15) is 11.6 Å². The summed E-state index contributed by atoms with van der Waals surface area (Å²) in [5.74, 6) is -0.544. The van der Waals surface area contributed by atoms with E-state index < -0.39 is 7.12 Å². The summed E-state index contributed by atoms with van der Waals surface area (Å²) in [4.78, 5) is 0.